The van der Waals surface area contributed by atoms with Crippen LogP contribution in [0.15, 0.2) is 85.1 Å². The number of aliphatic hydroxyl groups excluding tert-OH is 1. The second kappa shape index (κ2) is 56.4. The number of rotatable bonds is 51. The highest BCUT2D eigenvalue weighted by Crippen LogP contribution is 2.17. The molecule has 0 spiro atoms. The molecule has 5 heteroatoms. The van der Waals surface area contributed by atoms with E-state index in [0.717, 1.165) is 89.9 Å². The molecule has 5 nitrogen and oxygen atoms in total. The molecule has 0 amide bonds. The van der Waals surface area contributed by atoms with Crippen molar-refractivity contribution < 1.29 is 24.2 Å². The Labute approximate surface area is 409 Å². The van der Waals surface area contributed by atoms with Crippen molar-refractivity contribution >= 4 is 11.9 Å². The van der Waals surface area contributed by atoms with Crippen LogP contribution in [0.2, 0.25) is 0 Å². The first-order valence-electron chi connectivity index (χ1n) is 28.1. The maximum Gasteiger partial charge on any atom is 0.306 e. The molecule has 0 radical (unpaired) electrons. The van der Waals surface area contributed by atoms with Gasteiger partial charge in [0.25, 0.3) is 0 Å². The van der Waals surface area contributed by atoms with Crippen molar-refractivity contribution in [3.8, 4) is 0 Å². The van der Waals surface area contributed by atoms with Crippen LogP contribution in [0.4, 0.5) is 0 Å². The van der Waals surface area contributed by atoms with Crippen LogP contribution in [0, 0.1) is 0 Å². The lowest BCUT2D eigenvalue weighted by Gasteiger charge is -2.15. The molecule has 0 saturated heterocycles. The third-order valence-electron chi connectivity index (χ3n) is 12.2. The van der Waals surface area contributed by atoms with Gasteiger partial charge in [0.05, 0.1) is 6.61 Å². The second-order valence-electron chi connectivity index (χ2n) is 18.6. The zero-order chi connectivity index (χ0) is 47.7. The fourth-order valence-electron chi connectivity index (χ4n) is 8.01. The summed E-state index contributed by atoms with van der Waals surface area (Å²) < 4.78 is 10.7. The number of unbranched alkanes of at least 4 members (excludes halogenated alkanes) is 29. The van der Waals surface area contributed by atoms with Crippen LogP contribution < -0.4 is 0 Å². The number of ether oxygens (including phenoxy) is 2. The Morgan fingerprint density at radius 2 is 0.652 bits per heavy atom. The summed E-state index contributed by atoms with van der Waals surface area (Å²) >= 11 is 0. The predicted octanol–water partition coefficient (Wildman–Crippen LogP) is 19.0. The third kappa shape index (κ3) is 53.7. The molecule has 0 saturated carbocycles. The van der Waals surface area contributed by atoms with Gasteiger partial charge >= 0.3 is 11.9 Å². The van der Waals surface area contributed by atoms with Gasteiger partial charge in [0, 0.05) is 12.8 Å². The Morgan fingerprint density at radius 3 is 0.985 bits per heavy atom. The number of allylic oxidation sites excluding steroid dienone is 14. The van der Waals surface area contributed by atoms with E-state index in [1.807, 2.05) is 0 Å². The van der Waals surface area contributed by atoms with E-state index in [1.165, 1.54) is 154 Å². The Bertz CT molecular complexity index is 1220. The summed E-state index contributed by atoms with van der Waals surface area (Å²) in [6.07, 6.45) is 78.4. The Kier molecular flexibility index (Phi) is 53.9. The molecule has 1 N–H and O–H groups in total. The fraction of sp³-hybridized carbons (Fsp3) is 0.738. The minimum Gasteiger partial charge on any atom is -0.462 e. The molecule has 0 aliphatic rings. The maximum atomic E-state index is 12.3. The highest BCUT2D eigenvalue weighted by atomic mass is 16.6. The van der Waals surface area contributed by atoms with Crippen molar-refractivity contribution in [2.75, 3.05) is 13.2 Å². The van der Waals surface area contributed by atoms with E-state index < -0.39 is 6.10 Å². The molecule has 0 aromatic rings. The van der Waals surface area contributed by atoms with Crippen molar-refractivity contribution in [2.24, 2.45) is 0 Å². The van der Waals surface area contributed by atoms with E-state index in [4.69, 9.17) is 9.47 Å². The van der Waals surface area contributed by atoms with Crippen molar-refractivity contribution in [3.05, 3.63) is 85.1 Å². The van der Waals surface area contributed by atoms with Gasteiger partial charge in [0.1, 0.15) is 6.61 Å². The van der Waals surface area contributed by atoms with Gasteiger partial charge in [-0.05, 0) is 70.6 Å². The highest BCUT2D eigenvalue weighted by molar-refractivity contribution is 5.70. The van der Waals surface area contributed by atoms with Crippen LogP contribution in [0.3, 0.4) is 0 Å². The predicted molar refractivity (Wildman–Crippen MR) is 288 cm³/mol. The number of hydrogen-bond donors (Lipinski definition) is 1. The molecular formula is C61H106O5. The number of carbonyl (C=O) groups excluding carboxylic acids is 2. The molecule has 0 rings (SSSR count). The summed E-state index contributed by atoms with van der Waals surface area (Å²) in [5, 5.41) is 9.64. The van der Waals surface area contributed by atoms with E-state index in [0.29, 0.717) is 12.8 Å². The zero-order valence-electron chi connectivity index (χ0n) is 43.4. The quantitative estimate of drug-likeness (QED) is 0.0374. The average Bonchev–Trinajstić information content (AvgIpc) is 3.32. The average molecular weight is 920 g/mol. The lowest BCUT2D eigenvalue weighted by atomic mass is 10.0. The van der Waals surface area contributed by atoms with Crippen LogP contribution >= 0.6 is 0 Å². The molecule has 0 bridgehead atoms. The van der Waals surface area contributed by atoms with Gasteiger partial charge in [-0.15, -0.1) is 0 Å². The van der Waals surface area contributed by atoms with E-state index in [-0.39, 0.29) is 25.2 Å². The van der Waals surface area contributed by atoms with Crippen molar-refractivity contribution in [3.63, 3.8) is 0 Å². The molecular weight excluding hydrogens is 813 g/mol. The molecule has 0 heterocycles. The summed E-state index contributed by atoms with van der Waals surface area (Å²) in [4.78, 5) is 24.5. The van der Waals surface area contributed by atoms with Crippen LogP contribution in [-0.4, -0.2) is 36.4 Å². The Morgan fingerprint density at radius 1 is 0.364 bits per heavy atom. The van der Waals surface area contributed by atoms with Gasteiger partial charge in [0.2, 0.25) is 0 Å². The monoisotopic (exact) mass is 919 g/mol. The molecule has 1 atom stereocenters. The van der Waals surface area contributed by atoms with Crippen LogP contribution in [-0.2, 0) is 19.1 Å². The highest BCUT2D eigenvalue weighted by Gasteiger charge is 2.16. The van der Waals surface area contributed by atoms with Gasteiger partial charge in [0.15, 0.2) is 6.10 Å². The number of carbonyl (C=O) groups is 2. The smallest absolute Gasteiger partial charge is 0.306 e. The second-order valence-corrected chi connectivity index (χ2v) is 18.6. The molecule has 1 unspecified atom stereocenters. The molecule has 0 aliphatic heterocycles. The largest absolute Gasteiger partial charge is 0.462 e. The van der Waals surface area contributed by atoms with E-state index >= 15 is 0 Å². The fourth-order valence-corrected chi connectivity index (χ4v) is 8.01. The molecule has 0 aliphatic carbocycles. The molecule has 0 aromatic heterocycles. The van der Waals surface area contributed by atoms with Crippen LogP contribution in [0.1, 0.15) is 271 Å². The van der Waals surface area contributed by atoms with Gasteiger partial charge in [-0.2, -0.15) is 0 Å². The third-order valence-corrected chi connectivity index (χ3v) is 12.2. The van der Waals surface area contributed by atoms with Gasteiger partial charge in [-0.1, -0.05) is 272 Å². The summed E-state index contributed by atoms with van der Waals surface area (Å²) in [5.74, 6) is -0.623. The minimum atomic E-state index is -0.794. The Hall–Kier alpha value is -2.92. The maximum absolute atomic E-state index is 12.3. The lowest BCUT2D eigenvalue weighted by Crippen LogP contribution is -2.28. The summed E-state index contributed by atoms with van der Waals surface area (Å²) in [6.45, 7) is 4.03. The van der Waals surface area contributed by atoms with Crippen LogP contribution in [0.25, 0.3) is 0 Å². The normalized spacial score (nSPS) is 12.8. The van der Waals surface area contributed by atoms with Gasteiger partial charge < -0.3 is 14.6 Å². The first-order chi connectivity index (χ1) is 32.6. The first-order valence-corrected chi connectivity index (χ1v) is 28.1. The van der Waals surface area contributed by atoms with E-state index in [2.05, 4.69) is 98.9 Å². The van der Waals surface area contributed by atoms with Crippen molar-refractivity contribution in [1.29, 1.82) is 0 Å². The summed E-state index contributed by atoms with van der Waals surface area (Å²) in [7, 11) is 0. The number of esters is 2. The van der Waals surface area contributed by atoms with Crippen molar-refractivity contribution in [1.82, 2.24) is 0 Å². The van der Waals surface area contributed by atoms with Crippen molar-refractivity contribution in [2.45, 2.75) is 277 Å². The van der Waals surface area contributed by atoms with Crippen LogP contribution in [0.5, 0.6) is 0 Å². The molecule has 66 heavy (non-hydrogen) atoms. The zero-order valence-corrected chi connectivity index (χ0v) is 43.4. The Balaban J connectivity index is 3.54. The number of aliphatic hydroxyl groups is 1. The standard InChI is InChI=1S/C61H106O5/c1-3-5-7-9-11-13-15-17-19-21-23-25-27-29-30-32-33-35-37-39-41-43-45-47-49-51-53-55-60(63)65-58-59(57-62)66-61(64)56-54-52-50-48-46-44-42-40-38-36-34-31-28-26-24-22-20-18-16-14-12-10-8-6-4-2/h6,8,12,14,18,20,24,26,31,34,38,40,44,46,59,62H,3-5,7,9-11,13,15-17,19,21-23,25,27-30,32-33,35-37,39,41-43,45,47-58H2,1-2H3/b8-6-,14-12-,20-18-,26-24-,34-31-,40-38-,46-44-. The number of hydrogen-bond acceptors (Lipinski definition) is 5. The summed E-state index contributed by atoms with van der Waals surface area (Å²) in [5.41, 5.74) is 0. The minimum absolute atomic E-state index is 0.0812. The molecule has 0 aromatic carbocycles. The van der Waals surface area contributed by atoms with Gasteiger partial charge in [-0.25, -0.2) is 0 Å². The molecule has 380 valence electrons. The van der Waals surface area contributed by atoms with E-state index in [1.54, 1.807) is 0 Å². The van der Waals surface area contributed by atoms with Gasteiger partial charge in [-0.3, -0.25) is 9.59 Å². The topological polar surface area (TPSA) is 72.8 Å². The molecule has 0 fully saturated rings. The first kappa shape index (κ1) is 63.1. The summed E-state index contributed by atoms with van der Waals surface area (Å²) in [6, 6.07) is 0. The lowest BCUT2D eigenvalue weighted by molar-refractivity contribution is -0.161. The van der Waals surface area contributed by atoms with E-state index in [9.17, 15) is 14.7 Å². The SMILES string of the molecule is CC/C=C\C/C=C\C/C=C\C/C=C\C/C=C\C/C=C\C/C=C\CCCCCC(=O)OC(CO)COC(=O)CCCCCCCCCCCCCCCCCCCCCCCCCCCCC.